The smallest absolute Gasteiger partial charge is 0.340 e. The number of nitrogens with one attached hydrogen (secondary N) is 1. The van der Waals surface area contributed by atoms with E-state index in [9.17, 15) is 14.4 Å². The van der Waals surface area contributed by atoms with E-state index in [1.54, 1.807) is 49.4 Å². The van der Waals surface area contributed by atoms with Crippen molar-refractivity contribution < 1.29 is 18.8 Å². The summed E-state index contributed by atoms with van der Waals surface area (Å²) in [6.45, 7) is 3.44. The van der Waals surface area contributed by atoms with Crippen LogP contribution in [0.25, 0.3) is 5.65 Å². The average Bonchev–Trinajstić information content (AvgIpc) is 3.13. The molecule has 1 amide bonds. The van der Waals surface area contributed by atoms with E-state index in [2.05, 4.69) is 10.3 Å². The molecule has 4 aromatic rings. The van der Waals surface area contributed by atoms with Gasteiger partial charge in [-0.2, -0.15) is 0 Å². The molecule has 0 spiro atoms. The van der Waals surface area contributed by atoms with Gasteiger partial charge in [0.1, 0.15) is 12.4 Å². The van der Waals surface area contributed by atoms with Gasteiger partial charge in [-0.25, -0.2) is 9.78 Å². The van der Waals surface area contributed by atoms with Crippen molar-refractivity contribution in [3.8, 4) is 0 Å². The maximum absolute atomic E-state index is 12.7. The van der Waals surface area contributed by atoms with Crippen LogP contribution in [0.15, 0.2) is 70.0 Å². The first-order valence-electron chi connectivity index (χ1n) is 9.54. The summed E-state index contributed by atoms with van der Waals surface area (Å²) in [6, 6.07) is 16.5. The lowest BCUT2D eigenvalue weighted by atomic mass is 10.1. The van der Waals surface area contributed by atoms with Crippen molar-refractivity contribution in [3.63, 3.8) is 0 Å². The van der Waals surface area contributed by atoms with Crippen molar-refractivity contribution in [3.05, 3.63) is 99.2 Å². The van der Waals surface area contributed by atoms with Crippen LogP contribution in [0, 0.1) is 13.8 Å². The number of rotatable bonds is 5. The second-order valence-electron chi connectivity index (χ2n) is 7.03. The summed E-state index contributed by atoms with van der Waals surface area (Å²) < 4.78 is 11.6. The predicted octanol–water partition coefficient (Wildman–Crippen LogP) is 3.51. The van der Waals surface area contributed by atoms with Crippen LogP contribution >= 0.6 is 0 Å². The molecule has 2 heterocycles. The zero-order valence-corrected chi connectivity index (χ0v) is 16.9. The van der Waals surface area contributed by atoms with Crippen LogP contribution in [0.5, 0.6) is 0 Å². The fourth-order valence-electron chi connectivity index (χ4n) is 3.03. The lowest BCUT2D eigenvalue weighted by molar-refractivity contribution is 0.0469. The first-order chi connectivity index (χ1) is 14.9. The number of carbonyl (C=O) groups is 2. The van der Waals surface area contributed by atoms with Gasteiger partial charge in [0, 0.05) is 17.7 Å². The highest BCUT2D eigenvalue weighted by molar-refractivity contribution is 6.08. The van der Waals surface area contributed by atoms with E-state index >= 15 is 0 Å². The Morgan fingerprint density at radius 1 is 1.06 bits per heavy atom. The zero-order valence-electron chi connectivity index (χ0n) is 16.9. The summed E-state index contributed by atoms with van der Waals surface area (Å²) in [5, 5.41) is 2.74. The van der Waals surface area contributed by atoms with Crippen molar-refractivity contribution in [2.45, 2.75) is 20.5 Å². The summed E-state index contributed by atoms with van der Waals surface area (Å²) in [5.41, 5.74) is 2.25. The molecule has 0 bridgehead atoms. The molecule has 2 aromatic carbocycles. The van der Waals surface area contributed by atoms with Crippen LogP contribution in [0.3, 0.4) is 0 Å². The van der Waals surface area contributed by atoms with Crippen molar-refractivity contribution in [1.29, 1.82) is 0 Å². The van der Waals surface area contributed by atoms with Gasteiger partial charge in [0.15, 0.2) is 5.65 Å². The fourth-order valence-corrected chi connectivity index (χ4v) is 3.03. The van der Waals surface area contributed by atoms with Crippen molar-refractivity contribution in [2.24, 2.45) is 0 Å². The monoisotopic (exact) mass is 417 g/mol. The average molecular weight is 417 g/mol. The van der Waals surface area contributed by atoms with Crippen LogP contribution in [-0.2, 0) is 11.3 Å². The molecule has 4 rings (SSSR count). The minimum Gasteiger partial charge on any atom is -0.456 e. The Kier molecular flexibility index (Phi) is 5.36. The van der Waals surface area contributed by atoms with Gasteiger partial charge in [-0.05, 0) is 38.1 Å². The molecule has 8 nitrogen and oxygen atoms in total. The Bertz CT molecular complexity index is 1340. The molecule has 0 unspecified atom stereocenters. The van der Waals surface area contributed by atoms with E-state index in [-0.39, 0.29) is 18.1 Å². The molecule has 0 fully saturated rings. The van der Waals surface area contributed by atoms with Gasteiger partial charge in [-0.3, -0.25) is 9.59 Å². The number of para-hydroxylation sites is 1. The topological polar surface area (TPSA) is 103 Å². The number of fused-ring (bicyclic) bond motifs is 1. The fraction of sp³-hybridized carbons (Fsp3) is 0.130. The van der Waals surface area contributed by atoms with E-state index in [1.807, 2.05) is 19.1 Å². The summed E-state index contributed by atoms with van der Waals surface area (Å²) in [4.78, 5) is 41.5. The molecule has 0 saturated heterocycles. The van der Waals surface area contributed by atoms with Gasteiger partial charge in [0.2, 0.25) is 0 Å². The van der Waals surface area contributed by atoms with Gasteiger partial charge in [0.25, 0.3) is 11.5 Å². The van der Waals surface area contributed by atoms with Crippen molar-refractivity contribution in [1.82, 2.24) is 9.56 Å². The lowest BCUT2D eigenvalue weighted by Crippen LogP contribution is -2.17. The molecule has 156 valence electrons. The maximum Gasteiger partial charge on any atom is 0.340 e. The molecule has 0 saturated carbocycles. The lowest BCUT2D eigenvalue weighted by Gasteiger charge is -2.11. The van der Waals surface area contributed by atoms with Crippen LogP contribution < -0.4 is 10.9 Å². The third-order valence-electron chi connectivity index (χ3n) is 4.58. The van der Waals surface area contributed by atoms with E-state index in [4.69, 9.17) is 9.26 Å². The number of aromatic nitrogens is 2. The second-order valence-corrected chi connectivity index (χ2v) is 7.03. The molecular weight excluding hydrogens is 398 g/mol. The largest absolute Gasteiger partial charge is 0.456 e. The number of hydrogen-bond acceptors (Lipinski definition) is 6. The van der Waals surface area contributed by atoms with Crippen LogP contribution in [-0.4, -0.2) is 21.4 Å². The van der Waals surface area contributed by atoms with E-state index < -0.39 is 11.5 Å². The number of nitrogens with zero attached hydrogens (tertiary/aromatic N) is 2. The maximum atomic E-state index is 12.7. The number of ether oxygens (including phenoxy) is 1. The van der Waals surface area contributed by atoms with Crippen LogP contribution in [0.4, 0.5) is 5.69 Å². The third kappa shape index (κ3) is 4.37. The van der Waals surface area contributed by atoms with Gasteiger partial charge < -0.3 is 14.6 Å². The summed E-state index contributed by atoms with van der Waals surface area (Å²) in [7, 11) is 0. The highest BCUT2D eigenvalue weighted by atomic mass is 16.5. The second kappa shape index (κ2) is 8.27. The zero-order chi connectivity index (χ0) is 22.0. The number of anilines is 1. The summed E-state index contributed by atoms with van der Waals surface area (Å²) >= 11 is 0. The van der Waals surface area contributed by atoms with Gasteiger partial charge in [0.05, 0.1) is 16.9 Å². The van der Waals surface area contributed by atoms with E-state index in [0.29, 0.717) is 28.4 Å². The molecule has 0 atom stereocenters. The van der Waals surface area contributed by atoms with Gasteiger partial charge in [-0.15, -0.1) is 4.57 Å². The number of carbonyl (C=O) groups excluding carboxylic acids is 2. The molecule has 1 N–H and O–H groups in total. The minimum absolute atomic E-state index is 0.194. The normalized spacial score (nSPS) is 10.8. The van der Waals surface area contributed by atoms with Gasteiger partial charge in [-0.1, -0.05) is 29.8 Å². The predicted molar refractivity (Wildman–Crippen MR) is 113 cm³/mol. The number of aryl methyl sites for hydroxylation is 2. The Balaban J connectivity index is 1.50. The Hall–Kier alpha value is -4.20. The highest BCUT2D eigenvalue weighted by Gasteiger charge is 2.16. The van der Waals surface area contributed by atoms with Crippen molar-refractivity contribution >= 4 is 23.2 Å². The number of hydrogen-bond donors (Lipinski definition) is 1. The molecule has 0 aliphatic carbocycles. The molecule has 31 heavy (non-hydrogen) atoms. The Morgan fingerprint density at radius 3 is 2.58 bits per heavy atom. The molecule has 0 aliphatic heterocycles. The third-order valence-corrected chi connectivity index (χ3v) is 4.58. The van der Waals surface area contributed by atoms with Crippen LogP contribution in [0.1, 0.15) is 37.7 Å². The quantitative estimate of drug-likeness (QED) is 0.499. The first-order valence-corrected chi connectivity index (χ1v) is 9.54. The number of esters is 1. The van der Waals surface area contributed by atoms with Crippen molar-refractivity contribution in [2.75, 3.05) is 5.32 Å². The minimum atomic E-state index is -0.648. The summed E-state index contributed by atoms with van der Waals surface area (Å²) in [6.07, 6.45) is 0. The standard InChI is InChI=1S/C23H19N3O5/c1-14-7-9-16(10-8-14)22(28)25-19-6-4-3-5-18(19)23(29)30-13-17-12-21(27)26-20(24-17)11-15(2)31-26/h3-12H,13H2,1-2H3,(H,25,28). The SMILES string of the molecule is Cc1ccc(C(=O)Nc2ccccc2C(=O)OCc2cc(=O)n3oc(C)cc3n2)cc1. The number of benzene rings is 2. The van der Waals surface area contributed by atoms with E-state index in [0.717, 1.165) is 10.1 Å². The molecule has 0 radical (unpaired) electrons. The van der Waals surface area contributed by atoms with Gasteiger partial charge >= 0.3 is 5.97 Å². The molecule has 8 heteroatoms. The molecular formula is C23H19N3O5. The molecule has 0 aliphatic rings. The summed E-state index contributed by atoms with van der Waals surface area (Å²) in [5.74, 6) is -0.446. The first kappa shape index (κ1) is 20.1. The molecule has 2 aromatic heterocycles. The van der Waals surface area contributed by atoms with Crippen LogP contribution in [0.2, 0.25) is 0 Å². The van der Waals surface area contributed by atoms with E-state index in [1.165, 1.54) is 6.07 Å². The number of amides is 1. The Morgan fingerprint density at radius 2 is 1.81 bits per heavy atom. The Labute approximate surface area is 177 Å². The highest BCUT2D eigenvalue weighted by Crippen LogP contribution is 2.18.